The Bertz CT molecular complexity index is 687. The van der Waals surface area contributed by atoms with E-state index in [2.05, 4.69) is 15.2 Å². The molecule has 3 atom stereocenters. The Hall–Kier alpha value is -1.59. The summed E-state index contributed by atoms with van der Waals surface area (Å²) < 4.78 is 5.31. The molecule has 2 aromatic rings. The Morgan fingerprint density at radius 2 is 2.38 bits per heavy atom. The zero-order chi connectivity index (χ0) is 14.4. The lowest BCUT2D eigenvalue weighted by Gasteiger charge is -2.30. The van der Waals surface area contributed by atoms with Crippen molar-refractivity contribution in [3.05, 3.63) is 29.2 Å². The first-order chi connectivity index (χ1) is 10.2. The maximum absolute atomic E-state index is 12.4. The number of fused-ring (bicyclic) bond motifs is 3. The third-order valence-electron chi connectivity index (χ3n) is 4.44. The Labute approximate surface area is 127 Å². The summed E-state index contributed by atoms with van der Waals surface area (Å²) in [6.07, 6.45) is 3.85. The normalized spacial score (nSPS) is 28.0. The number of nitrogens with zero attached hydrogens (tertiary/aromatic N) is 2. The van der Waals surface area contributed by atoms with Crippen LogP contribution in [-0.2, 0) is 0 Å². The largest absolute Gasteiger partial charge is 0.464 e. The third kappa shape index (κ3) is 2.40. The predicted molar refractivity (Wildman–Crippen MR) is 79.4 cm³/mol. The number of nitrogens with one attached hydrogen (secondary N) is 1. The lowest BCUT2D eigenvalue weighted by molar-refractivity contribution is 0.0904. The first-order valence-corrected chi connectivity index (χ1v) is 7.64. The second kappa shape index (κ2) is 5.00. The summed E-state index contributed by atoms with van der Waals surface area (Å²) in [6.45, 7) is 3.26. The van der Waals surface area contributed by atoms with E-state index in [1.165, 1.54) is 13.0 Å². The highest BCUT2D eigenvalue weighted by molar-refractivity contribution is 6.34. The van der Waals surface area contributed by atoms with E-state index in [0.29, 0.717) is 22.3 Å². The van der Waals surface area contributed by atoms with Crippen molar-refractivity contribution >= 4 is 28.5 Å². The van der Waals surface area contributed by atoms with Crippen molar-refractivity contribution in [3.63, 3.8) is 0 Å². The molecule has 1 amide bonds. The van der Waals surface area contributed by atoms with Gasteiger partial charge in [0.05, 0.1) is 11.6 Å². The van der Waals surface area contributed by atoms with Crippen molar-refractivity contribution in [1.82, 2.24) is 15.2 Å². The number of furan rings is 1. The fourth-order valence-electron chi connectivity index (χ4n) is 3.47. The van der Waals surface area contributed by atoms with Crippen molar-refractivity contribution < 1.29 is 9.21 Å². The molecule has 1 N–H and O–H groups in total. The van der Waals surface area contributed by atoms with Gasteiger partial charge in [-0.15, -0.1) is 0 Å². The fourth-order valence-corrected chi connectivity index (χ4v) is 3.71. The number of halogens is 1. The molecular weight excluding hydrogens is 290 g/mol. The molecule has 0 aliphatic carbocycles. The van der Waals surface area contributed by atoms with Gasteiger partial charge in [-0.05, 0) is 31.4 Å². The molecule has 2 aromatic heterocycles. The molecule has 2 aliphatic heterocycles. The van der Waals surface area contributed by atoms with Crippen LogP contribution in [0.25, 0.3) is 11.0 Å². The van der Waals surface area contributed by atoms with Gasteiger partial charge in [0.15, 0.2) is 0 Å². The maximum Gasteiger partial charge on any atom is 0.270 e. The van der Waals surface area contributed by atoms with Gasteiger partial charge in [0, 0.05) is 25.2 Å². The summed E-state index contributed by atoms with van der Waals surface area (Å²) in [5.74, 6) is 0.538. The Morgan fingerprint density at radius 1 is 1.48 bits per heavy atom. The molecule has 4 heterocycles. The van der Waals surface area contributed by atoms with Crippen LogP contribution in [0.1, 0.15) is 23.3 Å². The van der Waals surface area contributed by atoms with Crippen molar-refractivity contribution in [3.8, 4) is 0 Å². The Morgan fingerprint density at radius 3 is 3.24 bits per heavy atom. The molecule has 5 nitrogen and oxygen atoms in total. The quantitative estimate of drug-likeness (QED) is 0.865. The van der Waals surface area contributed by atoms with Gasteiger partial charge >= 0.3 is 0 Å². The van der Waals surface area contributed by atoms with Crippen LogP contribution in [-0.4, -0.2) is 41.5 Å². The monoisotopic (exact) mass is 305 g/mol. The lowest BCUT2D eigenvalue weighted by atomic mass is 9.97. The number of amides is 1. The van der Waals surface area contributed by atoms with E-state index in [9.17, 15) is 4.79 Å². The highest BCUT2D eigenvalue weighted by Crippen LogP contribution is 2.27. The minimum absolute atomic E-state index is 0.178. The van der Waals surface area contributed by atoms with Crippen molar-refractivity contribution in [2.24, 2.45) is 5.92 Å². The number of carbonyl (C=O) groups excluding carboxylic acids is 1. The minimum atomic E-state index is -0.178. The van der Waals surface area contributed by atoms with Crippen LogP contribution < -0.4 is 5.32 Å². The molecule has 21 heavy (non-hydrogen) atoms. The van der Waals surface area contributed by atoms with Gasteiger partial charge in [-0.2, -0.15) is 0 Å². The molecule has 2 saturated heterocycles. The van der Waals surface area contributed by atoms with E-state index in [1.54, 1.807) is 18.4 Å². The molecule has 0 aromatic carbocycles. The summed E-state index contributed by atoms with van der Waals surface area (Å²) in [4.78, 5) is 19.0. The van der Waals surface area contributed by atoms with Crippen LogP contribution in [0.4, 0.5) is 0 Å². The van der Waals surface area contributed by atoms with Crippen molar-refractivity contribution in [2.75, 3.05) is 19.6 Å². The van der Waals surface area contributed by atoms with Crippen LogP contribution in [0, 0.1) is 5.92 Å². The van der Waals surface area contributed by atoms with Gasteiger partial charge in [-0.1, -0.05) is 11.6 Å². The van der Waals surface area contributed by atoms with Gasteiger partial charge in [-0.25, -0.2) is 4.98 Å². The van der Waals surface area contributed by atoms with E-state index >= 15 is 0 Å². The van der Waals surface area contributed by atoms with Crippen molar-refractivity contribution in [2.45, 2.75) is 18.9 Å². The molecule has 2 bridgehead atoms. The number of pyridine rings is 1. The molecule has 2 fully saturated rings. The number of hydrogen-bond acceptors (Lipinski definition) is 4. The van der Waals surface area contributed by atoms with E-state index in [0.717, 1.165) is 24.9 Å². The number of aromatic nitrogens is 1. The fraction of sp³-hybridized carbons (Fsp3) is 0.467. The predicted octanol–water partition coefficient (Wildman–Crippen LogP) is 2.31. The molecule has 0 spiro atoms. The van der Waals surface area contributed by atoms with Gasteiger partial charge in [0.2, 0.25) is 0 Å². The summed E-state index contributed by atoms with van der Waals surface area (Å²) in [5.41, 5.74) is 0.906. The summed E-state index contributed by atoms with van der Waals surface area (Å²) in [7, 11) is 0. The van der Waals surface area contributed by atoms with Crippen LogP contribution in [0.15, 0.2) is 22.8 Å². The lowest BCUT2D eigenvalue weighted by Crippen LogP contribution is -2.47. The molecular formula is C15H16ClN3O2. The standard InChI is InChI=1S/C15H16ClN3O2/c16-14-11-2-4-21-13(11)6-12(18-14)15(20)17-10-5-9-1-3-19(7-9)8-10/h2,4,6,9-10H,1,3,5,7-8H2,(H,17,20). The van der Waals surface area contributed by atoms with Gasteiger partial charge in [-0.3, -0.25) is 4.79 Å². The SMILES string of the molecule is O=C(NC1CC2CCN(C2)C1)c1cc2occc2c(Cl)n1. The van der Waals surface area contributed by atoms with E-state index < -0.39 is 0 Å². The number of piperidine rings is 1. The molecule has 3 unspecified atom stereocenters. The topological polar surface area (TPSA) is 58.4 Å². The first-order valence-electron chi connectivity index (χ1n) is 7.26. The first kappa shape index (κ1) is 13.1. The van der Waals surface area contributed by atoms with Crippen LogP contribution in [0.5, 0.6) is 0 Å². The molecule has 0 radical (unpaired) electrons. The molecule has 2 aliphatic rings. The summed E-state index contributed by atoms with van der Waals surface area (Å²) >= 11 is 6.09. The summed E-state index contributed by atoms with van der Waals surface area (Å²) in [5, 5.41) is 4.11. The van der Waals surface area contributed by atoms with Crippen LogP contribution in [0.3, 0.4) is 0 Å². The highest BCUT2D eigenvalue weighted by atomic mass is 35.5. The highest BCUT2D eigenvalue weighted by Gasteiger charge is 2.33. The maximum atomic E-state index is 12.4. The Balaban J connectivity index is 1.53. The zero-order valence-electron chi connectivity index (χ0n) is 11.5. The second-order valence-electron chi connectivity index (χ2n) is 5.95. The minimum Gasteiger partial charge on any atom is -0.464 e. The van der Waals surface area contributed by atoms with E-state index in [1.807, 2.05) is 0 Å². The second-order valence-corrected chi connectivity index (χ2v) is 6.31. The average Bonchev–Trinajstić information content (AvgIpc) is 3.05. The van der Waals surface area contributed by atoms with Gasteiger partial charge in [0.25, 0.3) is 5.91 Å². The third-order valence-corrected chi connectivity index (χ3v) is 4.73. The van der Waals surface area contributed by atoms with Gasteiger partial charge in [0.1, 0.15) is 16.4 Å². The van der Waals surface area contributed by atoms with Gasteiger partial charge < -0.3 is 14.6 Å². The Kier molecular flexibility index (Phi) is 3.12. The number of rotatable bonds is 2. The van der Waals surface area contributed by atoms with Crippen molar-refractivity contribution in [1.29, 1.82) is 0 Å². The average molecular weight is 306 g/mol. The molecule has 110 valence electrons. The molecule has 4 rings (SSSR count). The number of carbonyl (C=O) groups is 1. The van der Waals surface area contributed by atoms with E-state index in [4.69, 9.17) is 16.0 Å². The molecule has 0 saturated carbocycles. The van der Waals surface area contributed by atoms with Crippen LogP contribution >= 0.6 is 11.6 Å². The van der Waals surface area contributed by atoms with E-state index in [-0.39, 0.29) is 11.9 Å². The number of hydrogen-bond donors (Lipinski definition) is 1. The smallest absolute Gasteiger partial charge is 0.270 e. The summed E-state index contributed by atoms with van der Waals surface area (Å²) in [6, 6.07) is 3.60. The molecule has 6 heteroatoms. The zero-order valence-corrected chi connectivity index (χ0v) is 12.3. The van der Waals surface area contributed by atoms with Crippen LogP contribution in [0.2, 0.25) is 5.15 Å².